The molecule has 0 bridgehead atoms. The first-order valence-electron chi connectivity index (χ1n) is 10.1. The number of aliphatic hydroxyl groups is 1. The molecule has 1 aromatic carbocycles. The fourth-order valence-corrected chi connectivity index (χ4v) is 3.18. The van der Waals surface area contributed by atoms with Crippen LogP contribution >= 0.6 is 0 Å². The highest BCUT2D eigenvalue weighted by Gasteiger charge is 2.20. The van der Waals surface area contributed by atoms with Gasteiger partial charge in [0.25, 0.3) is 0 Å². The summed E-state index contributed by atoms with van der Waals surface area (Å²) in [5, 5.41) is 19.1. The molecule has 5 nitrogen and oxygen atoms in total. The lowest BCUT2D eigenvalue weighted by atomic mass is 9.98. The highest BCUT2D eigenvalue weighted by Crippen LogP contribution is 2.24. The number of hydrogen-bond acceptors (Lipinski definition) is 4. The molecule has 1 saturated heterocycles. The Balaban J connectivity index is 2.42. The number of nitrogens with zero attached hydrogens (tertiary/aromatic N) is 2. The monoisotopic (exact) mass is 396 g/mol. The number of ether oxygens (including phenoxy) is 1. The summed E-state index contributed by atoms with van der Waals surface area (Å²) in [6.45, 7) is 15.4. The standard InChI is InChI=1S/C24H32N2O3/c1-5-20(10-13-27)16-21(6-2)18(3)24(26-11-14-29-15-12-26)25-19(4)22-8-7-9-23(28)17-22/h5,7-9,16-17,27-28H,3-4,6,10-15H2,1-2H3/b20-5-,21-16-,25-24+. The number of amidine groups is 1. The van der Waals surface area contributed by atoms with Gasteiger partial charge in [0.05, 0.1) is 18.9 Å². The van der Waals surface area contributed by atoms with Crippen LogP contribution in [0.2, 0.25) is 0 Å². The molecule has 0 aromatic heterocycles. The number of allylic oxidation sites excluding steroid dienone is 2. The van der Waals surface area contributed by atoms with Gasteiger partial charge >= 0.3 is 0 Å². The molecule has 29 heavy (non-hydrogen) atoms. The number of aliphatic hydroxyl groups excluding tert-OH is 1. The van der Waals surface area contributed by atoms with Gasteiger partial charge in [0.15, 0.2) is 0 Å². The zero-order chi connectivity index (χ0) is 21.2. The Morgan fingerprint density at radius 2 is 2.00 bits per heavy atom. The third kappa shape index (κ3) is 6.44. The Morgan fingerprint density at radius 3 is 2.59 bits per heavy atom. The van der Waals surface area contributed by atoms with Crippen LogP contribution in [0.15, 0.2) is 71.3 Å². The first kappa shape index (κ1) is 22.7. The van der Waals surface area contributed by atoms with Crippen LogP contribution < -0.4 is 0 Å². The second-order valence-electron chi connectivity index (χ2n) is 6.87. The molecule has 0 unspecified atom stereocenters. The molecule has 0 radical (unpaired) electrons. The topological polar surface area (TPSA) is 65.3 Å². The van der Waals surface area contributed by atoms with Gasteiger partial charge in [-0.05, 0) is 43.0 Å². The van der Waals surface area contributed by atoms with Crippen molar-refractivity contribution in [1.29, 1.82) is 0 Å². The number of aromatic hydroxyl groups is 1. The molecule has 156 valence electrons. The highest BCUT2D eigenvalue weighted by atomic mass is 16.5. The van der Waals surface area contributed by atoms with Crippen molar-refractivity contribution in [2.24, 2.45) is 4.99 Å². The number of phenolic OH excluding ortho intramolecular Hbond substituents is 1. The Labute approximate surface area is 174 Å². The van der Waals surface area contributed by atoms with Gasteiger partial charge in [-0.15, -0.1) is 0 Å². The van der Waals surface area contributed by atoms with Gasteiger partial charge in [-0.25, -0.2) is 4.99 Å². The minimum Gasteiger partial charge on any atom is -0.508 e. The zero-order valence-corrected chi connectivity index (χ0v) is 17.5. The van der Waals surface area contributed by atoms with E-state index in [1.165, 1.54) is 0 Å². The first-order chi connectivity index (χ1) is 14.0. The van der Waals surface area contributed by atoms with E-state index < -0.39 is 0 Å². The Hall–Kier alpha value is -2.63. The van der Waals surface area contributed by atoms with E-state index in [0.717, 1.165) is 47.6 Å². The van der Waals surface area contributed by atoms with Gasteiger partial charge < -0.3 is 19.8 Å². The van der Waals surface area contributed by atoms with Crippen LogP contribution in [0.4, 0.5) is 0 Å². The number of benzene rings is 1. The molecule has 5 heteroatoms. The van der Waals surface area contributed by atoms with E-state index in [1.807, 2.05) is 19.1 Å². The number of aliphatic imine (C=N–C) groups is 1. The molecule has 0 saturated carbocycles. The maximum atomic E-state index is 9.79. The Bertz CT molecular complexity index is 815. The molecule has 0 atom stereocenters. The summed E-state index contributed by atoms with van der Waals surface area (Å²) in [5.41, 5.74) is 4.31. The lowest BCUT2D eigenvalue weighted by Gasteiger charge is -2.31. The second kappa shape index (κ2) is 11.4. The minimum absolute atomic E-state index is 0.109. The van der Waals surface area contributed by atoms with Gasteiger partial charge in [0.1, 0.15) is 11.6 Å². The van der Waals surface area contributed by atoms with Gasteiger partial charge in [0.2, 0.25) is 0 Å². The third-order valence-corrected chi connectivity index (χ3v) is 4.90. The average Bonchev–Trinajstić information content (AvgIpc) is 2.75. The van der Waals surface area contributed by atoms with Gasteiger partial charge in [-0.3, -0.25) is 0 Å². The molecule has 1 aromatic rings. The molecule has 1 aliphatic rings. The summed E-state index contributed by atoms with van der Waals surface area (Å²) < 4.78 is 5.50. The van der Waals surface area contributed by atoms with E-state index in [4.69, 9.17) is 9.73 Å². The van der Waals surface area contributed by atoms with Crippen LogP contribution in [0.3, 0.4) is 0 Å². The van der Waals surface area contributed by atoms with Crippen molar-refractivity contribution in [2.45, 2.75) is 26.7 Å². The molecule has 1 heterocycles. The summed E-state index contributed by atoms with van der Waals surface area (Å²) in [6.07, 6.45) is 5.50. The zero-order valence-electron chi connectivity index (χ0n) is 17.5. The van der Waals surface area contributed by atoms with E-state index >= 15 is 0 Å². The van der Waals surface area contributed by atoms with Crippen molar-refractivity contribution in [3.8, 4) is 5.75 Å². The lowest BCUT2D eigenvalue weighted by molar-refractivity contribution is 0.0683. The van der Waals surface area contributed by atoms with Crippen molar-refractivity contribution < 1.29 is 14.9 Å². The van der Waals surface area contributed by atoms with Crippen LogP contribution in [0.1, 0.15) is 32.3 Å². The maximum absolute atomic E-state index is 9.79. The normalized spacial score (nSPS) is 16.1. The van der Waals surface area contributed by atoms with Crippen molar-refractivity contribution in [3.63, 3.8) is 0 Å². The van der Waals surface area contributed by atoms with Crippen LogP contribution in [0.25, 0.3) is 5.70 Å². The van der Waals surface area contributed by atoms with Gasteiger partial charge in [-0.1, -0.05) is 44.4 Å². The van der Waals surface area contributed by atoms with Crippen molar-refractivity contribution in [3.05, 3.63) is 71.9 Å². The third-order valence-electron chi connectivity index (χ3n) is 4.90. The minimum atomic E-state index is 0.109. The predicted molar refractivity (Wildman–Crippen MR) is 120 cm³/mol. The Morgan fingerprint density at radius 1 is 1.28 bits per heavy atom. The van der Waals surface area contributed by atoms with Gasteiger partial charge in [-0.2, -0.15) is 0 Å². The lowest BCUT2D eigenvalue weighted by Crippen LogP contribution is -2.41. The van der Waals surface area contributed by atoms with E-state index in [-0.39, 0.29) is 12.4 Å². The quantitative estimate of drug-likeness (QED) is 0.390. The second-order valence-corrected chi connectivity index (χ2v) is 6.87. The molecular formula is C24H32N2O3. The summed E-state index contributed by atoms with van der Waals surface area (Å²) in [6, 6.07) is 6.93. The van der Waals surface area contributed by atoms with E-state index in [1.54, 1.807) is 18.2 Å². The Kier molecular flexibility index (Phi) is 8.90. The molecule has 0 amide bonds. The molecule has 0 spiro atoms. The van der Waals surface area contributed by atoms with Crippen LogP contribution in [0.5, 0.6) is 5.75 Å². The summed E-state index contributed by atoms with van der Waals surface area (Å²) in [7, 11) is 0. The van der Waals surface area contributed by atoms with Crippen LogP contribution in [-0.2, 0) is 4.74 Å². The summed E-state index contributed by atoms with van der Waals surface area (Å²) >= 11 is 0. The molecule has 2 N–H and O–H groups in total. The van der Waals surface area contributed by atoms with Crippen LogP contribution in [0, 0.1) is 0 Å². The smallest absolute Gasteiger partial charge is 0.136 e. The van der Waals surface area contributed by atoms with Crippen molar-refractivity contribution in [1.82, 2.24) is 4.90 Å². The largest absolute Gasteiger partial charge is 0.508 e. The molecule has 1 aliphatic heterocycles. The SMILES string of the molecule is C=C(/C(=C\C(=C/C)CCO)CC)/C(=N\C(=C)c1cccc(O)c1)N1CCOCC1. The van der Waals surface area contributed by atoms with Crippen molar-refractivity contribution >= 4 is 11.5 Å². The molecule has 2 rings (SSSR count). The summed E-state index contributed by atoms with van der Waals surface area (Å²) in [5.74, 6) is 0.954. The number of phenols is 1. The number of morpholine rings is 1. The average molecular weight is 397 g/mol. The van der Waals surface area contributed by atoms with Crippen molar-refractivity contribution in [2.75, 3.05) is 32.9 Å². The van der Waals surface area contributed by atoms with E-state index in [0.29, 0.717) is 25.3 Å². The highest BCUT2D eigenvalue weighted by molar-refractivity contribution is 6.04. The molecule has 1 fully saturated rings. The van der Waals surface area contributed by atoms with E-state index in [2.05, 4.69) is 31.1 Å². The van der Waals surface area contributed by atoms with Crippen LogP contribution in [-0.4, -0.2) is 53.9 Å². The first-order valence-corrected chi connectivity index (χ1v) is 10.1. The molecule has 0 aliphatic carbocycles. The number of hydrogen-bond donors (Lipinski definition) is 2. The fourth-order valence-electron chi connectivity index (χ4n) is 3.18. The van der Waals surface area contributed by atoms with Gasteiger partial charge in [0, 0.05) is 30.8 Å². The fraction of sp³-hybridized carbons (Fsp3) is 0.375. The number of rotatable bonds is 8. The molecular weight excluding hydrogens is 364 g/mol. The maximum Gasteiger partial charge on any atom is 0.136 e. The van der Waals surface area contributed by atoms with E-state index in [9.17, 15) is 10.2 Å². The predicted octanol–water partition coefficient (Wildman–Crippen LogP) is 4.31. The summed E-state index contributed by atoms with van der Waals surface area (Å²) in [4.78, 5) is 7.00.